The molecule has 3 aliphatic rings. The van der Waals surface area contributed by atoms with E-state index in [1.54, 1.807) is 18.5 Å². The predicted molar refractivity (Wildman–Crippen MR) is 94.0 cm³/mol. The lowest BCUT2D eigenvalue weighted by Gasteiger charge is -2.36. The van der Waals surface area contributed by atoms with Crippen molar-refractivity contribution in [3.05, 3.63) is 30.1 Å². The molecule has 0 N–H and O–H groups in total. The fourth-order valence-electron chi connectivity index (χ4n) is 4.63. The molecule has 0 radical (unpaired) electrons. The number of piperidine rings is 2. The zero-order chi connectivity index (χ0) is 17.4. The molecule has 0 bridgehead atoms. The molecule has 6 nitrogen and oxygen atoms in total. The molecule has 2 amide bonds. The summed E-state index contributed by atoms with van der Waals surface area (Å²) in [5.74, 6) is 1.12. The predicted octanol–water partition coefficient (Wildman–Crippen LogP) is 1.10. The molecular weight excluding hydrogens is 316 g/mol. The summed E-state index contributed by atoms with van der Waals surface area (Å²) in [7, 11) is 1.92. The Balaban J connectivity index is 1.34. The number of fused-ring (bicyclic) bond motifs is 1. The third kappa shape index (κ3) is 3.15. The summed E-state index contributed by atoms with van der Waals surface area (Å²) in [6.45, 7) is 4.42. The highest BCUT2D eigenvalue weighted by molar-refractivity contribution is 5.93. The Morgan fingerprint density at radius 2 is 1.96 bits per heavy atom. The van der Waals surface area contributed by atoms with Crippen molar-refractivity contribution in [2.75, 3.05) is 39.8 Å². The van der Waals surface area contributed by atoms with Crippen molar-refractivity contribution in [1.82, 2.24) is 19.7 Å². The van der Waals surface area contributed by atoms with Crippen LogP contribution in [0.2, 0.25) is 0 Å². The molecule has 0 saturated carbocycles. The van der Waals surface area contributed by atoms with Gasteiger partial charge in [-0.2, -0.15) is 0 Å². The molecule has 0 spiro atoms. The van der Waals surface area contributed by atoms with Gasteiger partial charge in [-0.3, -0.25) is 19.5 Å². The van der Waals surface area contributed by atoms with Crippen LogP contribution in [0.3, 0.4) is 0 Å². The lowest BCUT2D eigenvalue weighted by Crippen LogP contribution is -2.46. The first-order chi connectivity index (χ1) is 12.1. The van der Waals surface area contributed by atoms with Crippen LogP contribution in [-0.4, -0.2) is 77.3 Å². The van der Waals surface area contributed by atoms with Crippen molar-refractivity contribution < 1.29 is 9.59 Å². The minimum atomic E-state index is 0.0819. The Morgan fingerprint density at radius 3 is 2.68 bits per heavy atom. The molecule has 3 aliphatic heterocycles. The summed E-state index contributed by atoms with van der Waals surface area (Å²) in [4.78, 5) is 35.3. The fourth-order valence-corrected chi connectivity index (χ4v) is 4.63. The lowest BCUT2D eigenvalue weighted by atomic mass is 9.88. The Labute approximate surface area is 148 Å². The average Bonchev–Trinajstić information content (AvgIpc) is 3.10. The number of rotatable bonds is 2. The normalized spacial score (nSPS) is 28.3. The number of hydrogen-bond donors (Lipinski definition) is 0. The Bertz CT molecular complexity index is 642. The van der Waals surface area contributed by atoms with Crippen LogP contribution in [0.1, 0.15) is 29.6 Å². The van der Waals surface area contributed by atoms with Gasteiger partial charge < -0.3 is 9.80 Å². The number of carbonyl (C=O) groups is 2. The van der Waals surface area contributed by atoms with Crippen molar-refractivity contribution in [3.8, 4) is 0 Å². The van der Waals surface area contributed by atoms with E-state index in [0.29, 0.717) is 23.4 Å². The maximum Gasteiger partial charge on any atom is 0.255 e. The van der Waals surface area contributed by atoms with E-state index in [4.69, 9.17) is 0 Å². The summed E-state index contributed by atoms with van der Waals surface area (Å²) in [6.07, 6.45) is 6.45. The first kappa shape index (κ1) is 16.5. The molecular formula is C19H26N4O2. The summed E-state index contributed by atoms with van der Waals surface area (Å²) >= 11 is 0. The first-order valence-electron chi connectivity index (χ1n) is 9.32. The van der Waals surface area contributed by atoms with E-state index >= 15 is 0 Å². The number of likely N-dealkylation sites (tertiary alicyclic amines) is 3. The molecule has 2 atom stereocenters. The molecule has 4 rings (SSSR count). The van der Waals surface area contributed by atoms with Crippen LogP contribution in [0.25, 0.3) is 0 Å². The molecule has 2 unspecified atom stereocenters. The number of amides is 2. The molecule has 0 aromatic carbocycles. The summed E-state index contributed by atoms with van der Waals surface area (Å²) in [5, 5.41) is 0. The van der Waals surface area contributed by atoms with Crippen LogP contribution in [0.15, 0.2) is 24.5 Å². The maximum atomic E-state index is 12.5. The van der Waals surface area contributed by atoms with Crippen molar-refractivity contribution in [1.29, 1.82) is 0 Å². The summed E-state index contributed by atoms with van der Waals surface area (Å²) in [5.41, 5.74) is 0.668. The zero-order valence-corrected chi connectivity index (χ0v) is 14.8. The van der Waals surface area contributed by atoms with Crippen molar-refractivity contribution in [2.24, 2.45) is 11.8 Å². The van der Waals surface area contributed by atoms with Gasteiger partial charge >= 0.3 is 0 Å². The molecule has 3 fully saturated rings. The molecule has 4 heterocycles. The second-order valence-corrected chi connectivity index (χ2v) is 7.63. The topological polar surface area (TPSA) is 56.8 Å². The standard InChI is InChI=1S/C19H26N4O2/c1-21-8-4-15-12-23(13-17(15)19(21)25)16-5-9-22(10-6-16)18(24)14-3-2-7-20-11-14/h2-3,7,11,15-17H,4-6,8-10,12-13H2,1H3. The number of pyridine rings is 1. The van der Waals surface area contributed by atoms with Crippen LogP contribution >= 0.6 is 0 Å². The smallest absolute Gasteiger partial charge is 0.255 e. The SMILES string of the molecule is CN1CCC2CN(C3CCN(C(=O)c4cccnc4)CC3)CC2C1=O. The quantitative estimate of drug-likeness (QED) is 0.808. The average molecular weight is 342 g/mol. The van der Waals surface area contributed by atoms with Crippen LogP contribution in [0, 0.1) is 11.8 Å². The van der Waals surface area contributed by atoms with Gasteiger partial charge in [0.1, 0.15) is 0 Å². The molecule has 0 aliphatic carbocycles. The van der Waals surface area contributed by atoms with Crippen molar-refractivity contribution in [2.45, 2.75) is 25.3 Å². The minimum absolute atomic E-state index is 0.0819. The van der Waals surface area contributed by atoms with Gasteiger partial charge in [-0.1, -0.05) is 0 Å². The highest BCUT2D eigenvalue weighted by atomic mass is 16.2. The Morgan fingerprint density at radius 1 is 1.16 bits per heavy atom. The number of carbonyl (C=O) groups excluding carboxylic acids is 2. The van der Waals surface area contributed by atoms with Gasteiger partial charge in [-0.05, 0) is 37.3 Å². The molecule has 134 valence electrons. The Kier molecular flexibility index (Phi) is 4.46. The number of hydrogen-bond acceptors (Lipinski definition) is 4. The van der Waals surface area contributed by atoms with Gasteiger partial charge in [-0.15, -0.1) is 0 Å². The summed E-state index contributed by atoms with van der Waals surface area (Å²) in [6, 6.07) is 4.14. The third-order valence-corrected chi connectivity index (χ3v) is 6.17. The van der Waals surface area contributed by atoms with Crippen LogP contribution < -0.4 is 0 Å². The third-order valence-electron chi connectivity index (χ3n) is 6.17. The van der Waals surface area contributed by atoms with Crippen LogP contribution in [0.5, 0.6) is 0 Å². The number of nitrogens with zero attached hydrogens (tertiary/aromatic N) is 4. The molecule has 1 aromatic rings. The zero-order valence-electron chi connectivity index (χ0n) is 14.8. The largest absolute Gasteiger partial charge is 0.345 e. The monoisotopic (exact) mass is 342 g/mol. The Hall–Kier alpha value is -1.95. The maximum absolute atomic E-state index is 12.5. The van der Waals surface area contributed by atoms with Gasteiger partial charge in [0, 0.05) is 58.2 Å². The molecule has 6 heteroatoms. The molecule has 25 heavy (non-hydrogen) atoms. The van der Waals surface area contributed by atoms with Gasteiger partial charge in [0.05, 0.1) is 11.5 Å². The second kappa shape index (κ2) is 6.75. The highest BCUT2D eigenvalue weighted by Crippen LogP contribution is 2.34. The van der Waals surface area contributed by atoms with Crippen LogP contribution in [0.4, 0.5) is 0 Å². The van der Waals surface area contributed by atoms with E-state index < -0.39 is 0 Å². The van der Waals surface area contributed by atoms with Gasteiger partial charge in [0.2, 0.25) is 5.91 Å². The fraction of sp³-hybridized carbons (Fsp3) is 0.632. The molecule has 3 saturated heterocycles. The van der Waals surface area contributed by atoms with Gasteiger partial charge in [0.15, 0.2) is 0 Å². The molecule has 1 aromatic heterocycles. The number of aromatic nitrogens is 1. The van der Waals surface area contributed by atoms with E-state index in [9.17, 15) is 9.59 Å². The lowest BCUT2D eigenvalue weighted by molar-refractivity contribution is -0.137. The van der Waals surface area contributed by atoms with Crippen molar-refractivity contribution >= 4 is 11.8 Å². The van der Waals surface area contributed by atoms with E-state index in [1.165, 1.54) is 0 Å². The highest BCUT2D eigenvalue weighted by Gasteiger charge is 2.44. The van der Waals surface area contributed by atoms with E-state index in [0.717, 1.165) is 52.0 Å². The minimum Gasteiger partial charge on any atom is -0.345 e. The van der Waals surface area contributed by atoms with E-state index in [-0.39, 0.29) is 11.8 Å². The second-order valence-electron chi connectivity index (χ2n) is 7.63. The summed E-state index contributed by atoms with van der Waals surface area (Å²) < 4.78 is 0. The van der Waals surface area contributed by atoms with Gasteiger partial charge in [-0.25, -0.2) is 0 Å². The van der Waals surface area contributed by atoms with E-state index in [1.807, 2.05) is 22.9 Å². The van der Waals surface area contributed by atoms with Gasteiger partial charge in [0.25, 0.3) is 5.91 Å². The van der Waals surface area contributed by atoms with E-state index in [2.05, 4.69) is 9.88 Å². The first-order valence-corrected chi connectivity index (χ1v) is 9.32. The van der Waals surface area contributed by atoms with Crippen molar-refractivity contribution in [3.63, 3.8) is 0 Å². The van der Waals surface area contributed by atoms with Crippen LogP contribution in [-0.2, 0) is 4.79 Å².